The van der Waals surface area contributed by atoms with Gasteiger partial charge in [0.2, 0.25) is 0 Å². The Morgan fingerprint density at radius 1 is 1.10 bits per heavy atom. The second-order valence-corrected chi connectivity index (χ2v) is 7.79. The molecular weight excluding hydrogens is 382 g/mol. The molecule has 0 aliphatic carbocycles. The second-order valence-electron chi connectivity index (χ2n) is 7.79. The summed E-state index contributed by atoms with van der Waals surface area (Å²) in [6.07, 6.45) is 2.84. The molecule has 2 aromatic rings. The van der Waals surface area contributed by atoms with Crippen molar-refractivity contribution in [1.82, 2.24) is 30.4 Å². The summed E-state index contributed by atoms with van der Waals surface area (Å²) >= 11 is 0. The van der Waals surface area contributed by atoms with Gasteiger partial charge in [0, 0.05) is 38.9 Å². The van der Waals surface area contributed by atoms with Gasteiger partial charge in [-0.15, -0.1) is 0 Å². The van der Waals surface area contributed by atoms with Crippen molar-refractivity contribution in [2.24, 2.45) is 5.92 Å². The van der Waals surface area contributed by atoms with E-state index in [0.717, 1.165) is 50.9 Å². The summed E-state index contributed by atoms with van der Waals surface area (Å²) in [5, 5.41) is 12.7. The van der Waals surface area contributed by atoms with Crippen LogP contribution in [0.5, 0.6) is 0 Å². The van der Waals surface area contributed by atoms with E-state index in [1.165, 1.54) is 16.6 Å². The van der Waals surface area contributed by atoms with Crippen LogP contribution in [0.3, 0.4) is 0 Å². The van der Waals surface area contributed by atoms with Crippen molar-refractivity contribution in [3.63, 3.8) is 0 Å². The number of carbonyl (C=O) groups is 1. The number of rotatable bonds is 7. The predicted octanol–water partition coefficient (Wildman–Crippen LogP) is 0.369. The molecule has 3 heterocycles. The van der Waals surface area contributed by atoms with Crippen LogP contribution in [-0.2, 0) is 6.54 Å². The molecule has 9 nitrogen and oxygen atoms in total. The van der Waals surface area contributed by atoms with E-state index in [-0.39, 0.29) is 11.8 Å². The summed E-state index contributed by atoms with van der Waals surface area (Å²) < 4.78 is 1.47. The van der Waals surface area contributed by atoms with Gasteiger partial charge in [0.15, 0.2) is 0 Å². The first-order valence-electron chi connectivity index (χ1n) is 10.6. The molecule has 0 radical (unpaired) electrons. The minimum absolute atomic E-state index is 0.230. The van der Waals surface area contributed by atoms with Crippen molar-refractivity contribution >= 4 is 11.8 Å². The molecule has 0 atom stereocenters. The standard InChI is InChI=1S/C21H29N7O2/c29-20(27-11-8-22-9-12-27)25-19-6-10-28(21(30)26-19)18-3-1-16(2-4-18)13-23-7-5-17-14-24-15-17/h1-4,6,10,17,22-24H,5,7-9,11-15H2,(H,25,26,29,30). The molecule has 9 heteroatoms. The maximum absolute atomic E-state index is 12.5. The van der Waals surface area contributed by atoms with Gasteiger partial charge in [0.25, 0.3) is 0 Å². The van der Waals surface area contributed by atoms with E-state index in [0.29, 0.717) is 13.1 Å². The quantitative estimate of drug-likeness (QED) is 0.491. The lowest BCUT2D eigenvalue weighted by atomic mass is 9.99. The molecule has 2 saturated heterocycles. The summed E-state index contributed by atoms with van der Waals surface area (Å²) in [7, 11) is 0. The molecule has 0 unspecified atom stereocenters. The van der Waals surface area contributed by atoms with Crippen molar-refractivity contribution in [3.8, 4) is 5.69 Å². The fourth-order valence-corrected chi connectivity index (χ4v) is 3.59. The molecule has 2 aliphatic heterocycles. The maximum Gasteiger partial charge on any atom is 0.354 e. The molecule has 1 aromatic heterocycles. The Balaban J connectivity index is 1.31. The van der Waals surface area contributed by atoms with E-state index in [1.807, 2.05) is 24.3 Å². The zero-order chi connectivity index (χ0) is 20.8. The number of hydrogen-bond donors (Lipinski definition) is 4. The predicted molar refractivity (Wildman–Crippen MR) is 116 cm³/mol. The number of benzene rings is 1. The Kier molecular flexibility index (Phi) is 6.73. The van der Waals surface area contributed by atoms with Gasteiger partial charge in [-0.25, -0.2) is 9.59 Å². The third kappa shape index (κ3) is 5.24. The largest absolute Gasteiger partial charge is 0.354 e. The summed E-state index contributed by atoms with van der Waals surface area (Å²) in [4.78, 5) is 30.4. The minimum Gasteiger partial charge on any atom is -0.322 e. The molecule has 4 rings (SSSR count). The summed E-state index contributed by atoms with van der Waals surface area (Å²) in [6, 6.07) is 9.27. The first-order valence-corrected chi connectivity index (χ1v) is 10.6. The minimum atomic E-state index is -0.423. The van der Waals surface area contributed by atoms with Gasteiger partial charge in [-0.05, 0) is 55.7 Å². The molecule has 2 amide bonds. The number of carbonyl (C=O) groups excluding carboxylic acids is 1. The maximum atomic E-state index is 12.5. The highest BCUT2D eigenvalue weighted by Crippen LogP contribution is 2.10. The van der Waals surface area contributed by atoms with Gasteiger partial charge in [0.1, 0.15) is 5.82 Å². The molecule has 2 aliphatic rings. The second kappa shape index (κ2) is 9.84. The van der Waals surface area contributed by atoms with Crippen LogP contribution in [0, 0.1) is 5.92 Å². The number of piperazine rings is 1. The Bertz CT molecular complexity index is 902. The molecule has 0 bridgehead atoms. The van der Waals surface area contributed by atoms with E-state index in [1.54, 1.807) is 17.2 Å². The Morgan fingerprint density at radius 3 is 2.53 bits per heavy atom. The van der Waals surface area contributed by atoms with Gasteiger partial charge in [-0.2, -0.15) is 4.98 Å². The highest BCUT2D eigenvalue weighted by molar-refractivity contribution is 5.88. The fourth-order valence-electron chi connectivity index (χ4n) is 3.59. The van der Waals surface area contributed by atoms with Crippen LogP contribution in [0.1, 0.15) is 12.0 Å². The smallest absolute Gasteiger partial charge is 0.322 e. The number of hydrogen-bond acceptors (Lipinski definition) is 6. The van der Waals surface area contributed by atoms with E-state index >= 15 is 0 Å². The highest BCUT2D eigenvalue weighted by atomic mass is 16.2. The van der Waals surface area contributed by atoms with Gasteiger partial charge < -0.3 is 20.9 Å². The third-order valence-corrected chi connectivity index (χ3v) is 5.58. The van der Waals surface area contributed by atoms with Crippen molar-refractivity contribution in [1.29, 1.82) is 0 Å². The lowest BCUT2D eigenvalue weighted by Gasteiger charge is -2.27. The number of nitrogens with one attached hydrogen (secondary N) is 4. The zero-order valence-electron chi connectivity index (χ0n) is 17.1. The van der Waals surface area contributed by atoms with Gasteiger partial charge >= 0.3 is 11.7 Å². The van der Waals surface area contributed by atoms with Gasteiger partial charge in [0.05, 0.1) is 5.69 Å². The summed E-state index contributed by atoms with van der Waals surface area (Å²) in [6.45, 7) is 6.92. The molecule has 1 aromatic carbocycles. The van der Waals surface area contributed by atoms with Crippen molar-refractivity contribution in [2.45, 2.75) is 13.0 Å². The van der Waals surface area contributed by atoms with E-state index < -0.39 is 5.69 Å². The highest BCUT2D eigenvalue weighted by Gasteiger charge is 2.17. The first-order chi connectivity index (χ1) is 14.7. The van der Waals surface area contributed by atoms with Crippen molar-refractivity contribution in [2.75, 3.05) is 51.1 Å². The monoisotopic (exact) mass is 411 g/mol. The summed E-state index contributed by atoms with van der Waals surface area (Å²) in [5.41, 5.74) is 1.50. The van der Waals surface area contributed by atoms with Crippen LogP contribution in [0.4, 0.5) is 10.6 Å². The topological polar surface area (TPSA) is 103 Å². The average Bonchev–Trinajstić information content (AvgIpc) is 2.74. The van der Waals surface area contributed by atoms with E-state index in [4.69, 9.17) is 0 Å². The van der Waals surface area contributed by atoms with E-state index in [2.05, 4.69) is 26.3 Å². The molecule has 30 heavy (non-hydrogen) atoms. The molecule has 2 fully saturated rings. The van der Waals surface area contributed by atoms with Crippen LogP contribution in [0.25, 0.3) is 5.69 Å². The van der Waals surface area contributed by atoms with Gasteiger partial charge in [-0.3, -0.25) is 9.88 Å². The van der Waals surface area contributed by atoms with Crippen LogP contribution in [0.15, 0.2) is 41.3 Å². The number of urea groups is 1. The number of aromatic nitrogens is 2. The molecule has 0 spiro atoms. The average molecular weight is 412 g/mol. The third-order valence-electron chi connectivity index (χ3n) is 5.58. The molecule has 160 valence electrons. The normalized spacial score (nSPS) is 16.9. The van der Waals surface area contributed by atoms with Crippen molar-refractivity contribution in [3.05, 3.63) is 52.6 Å². The number of amides is 2. The fraction of sp³-hybridized carbons (Fsp3) is 0.476. The van der Waals surface area contributed by atoms with Crippen LogP contribution < -0.4 is 27.0 Å². The first kappa shape index (κ1) is 20.5. The number of anilines is 1. The molecule has 0 saturated carbocycles. The van der Waals surface area contributed by atoms with Crippen LogP contribution >= 0.6 is 0 Å². The van der Waals surface area contributed by atoms with Gasteiger partial charge in [-0.1, -0.05) is 12.1 Å². The van der Waals surface area contributed by atoms with Crippen LogP contribution in [-0.4, -0.2) is 66.3 Å². The lowest BCUT2D eigenvalue weighted by Crippen LogP contribution is -2.48. The zero-order valence-corrected chi connectivity index (χ0v) is 17.1. The van der Waals surface area contributed by atoms with E-state index in [9.17, 15) is 9.59 Å². The number of nitrogens with zero attached hydrogens (tertiary/aromatic N) is 3. The Labute approximate surface area is 175 Å². The Hall–Kier alpha value is -2.75. The molecular formula is C21H29N7O2. The molecule has 4 N–H and O–H groups in total. The lowest BCUT2D eigenvalue weighted by molar-refractivity contribution is 0.204. The SMILES string of the molecule is O=C(Nc1ccn(-c2ccc(CNCCC3CNC3)cc2)c(=O)n1)N1CCNCC1. The Morgan fingerprint density at radius 2 is 1.87 bits per heavy atom. The van der Waals surface area contributed by atoms with Crippen LogP contribution in [0.2, 0.25) is 0 Å². The van der Waals surface area contributed by atoms with Crippen molar-refractivity contribution < 1.29 is 4.79 Å². The summed E-state index contributed by atoms with van der Waals surface area (Å²) in [5.74, 6) is 1.08.